The molecule has 0 atom stereocenters. The van der Waals surface area contributed by atoms with Crippen molar-refractivity contribution in [3.63, 3.8) is 0 Å². The van der Waals surface area contributed by atoms with Crippen LogP contribution < -0.4 is 5.73 Å². The highest BCUT2D eigenvalue weighted by molar-refractivity contribution is 7.91. The van der Waals surface area contributed by atoms with Crippen LogP contribution in [0.3, 0.4) is 0 Å². The summed E-state index contributed by atoms with van der Waals surface area (Å²) in [5, 5.41) is 0. The van der Waals surface area contributed by atoms with Crippen LogP contribution in [0, 0.1) is 5.41 Å². The molecule has 0 unspecified atom stereocenters. The van der Waals surface area contributed by atoms with Crippen LogP contribution in [0.15, 0.2) is 0 Å². The topological polar surface area (TPSA) is 80.5 Å². The van der Waals surface area contributed by atoms with Crippen molar-refractivity contribution in [1.29, 1.82) is 0 Å². The first kappa shape index (κ1) is 12.4. The molecule has 1 fully saturated rings. The van der Waals surface area contributed by atoms with Crippen LogP contribution in [-0.2, 0) is 14.6 Å². The fraction of sp³-hybridized carbons (Fsp3) is 0.889. The highest BCUT2D eigenvalue weighted by Gasteiger charge is 2.33. The monoisotopic (exact) mass is 234 g/mol. The molecule has 6 heteroatoms. The van der Waals surface area contributed by atoms with Gasteiger partial charge in [0.2, 0.25) is 5.91 Å². The van der Waals surface area contributed by atoms with Crippen LogP contribution in [0.4, 0.5) is 0 Å². The molecule has 0 spiro atoms. The molecule has 1 saturated heterocycles. The molecule has 15 heavy (non-hydrogen) atoms. The van der Waals surface area contributed by atoms with E-state index in [-0.39, 0.29) is 24.0 Å². The maximum Gasteiger partial charge on any atom is 0.229 e. The molecule has 0 aromatic heterocycles. The van der Waals surface area contributed by atoms with Gasteiger partial charge in [0.1, 0.15) is 0 Å². The average molecular weight is 234 g/mol. The number of rotatable bonds is 2. The summed E-state index contributed by atoms with van der Waals surface area (Å²) < 4.78 is 22.4. The molecule has 5 nitrogen and oxygen atoms in total. The number of amides is 1. The van der Waals surface area contributed by atoms with E-state index < -0.39 is 15.3 Å². The zero-order valence-electron chi connectivity index (χ0n) is 9.19. The summed E-state index contributed by atoms with van der Waals surface area (Å²) in [6.45, 7) is 4.42. The van der Waals surface area contributed by atoms with Gasteiger partial charge in [-0.25, -0.2) is 8.42 Å². The van der Waals surface area contributed by atoms with E-state index >= 15 is 0 Å². The molecule has 0 saturated carbocycles. The maximum absolute atomic E-state index is 11.9. The van der Waals surface area contributed by atoms with Gasteiger partial charge in [-0.15, -0.1) is 0 Å². The van der Waals surface area contributed by atoms with E-state index in [1.165, 1.54) is 0 Å². The first-order chi connectivity index (χ1) is 6.78. The minimum absolute atomic E-state index is 0.0556. The Bertz CT molecular complexity index is 334. The Kier molecular flexibility index (Phi) is 3.40. The summed E-state index contributed by atoms with van der Waals surface area (Å²) in [6, 6.07) is 0. The lowest BCUT2D eigenvalue weighted by Gasteiger charge is -2.33. The van der Waals surface area contributed by atoms with E-state index in [1.54, 1.807) is 18.7 Å². The van der Waals surface area contributed by atoms with Crippen molar-refractivity contribution >= 4 is 15.7 Å². The number of nitrogens with zero attached hydrogens (tertiary/aromatic N) is 1. The minimum Gasteiger partial charge on any atom is -0.340 e. The van der Waals surface area contributed by atoms with Gasteiger partial charge in [0.25, 0.3) is 0 Å². The number of sulfone groups is 1. The van der Waals surface area contributed by atoms with Gasteiger partial charge in [-0.2, -0.15) is 0 Å². The first-order valence-electron chi connectivity index (χ1n) is 4.98. The minimum atomic E-state index is -2.93. The molecule has 1 heterocycles. The maximum atomic E-state index is 11.9. The summed E-state index contributed by atoms with van der Waals surface area (Å²) in [6.07, 6.45) is 0. The van der Waals surface area contributed by atoms with Gasteiger partial charge in [-0.05, 0) is 13.8 Å². The molecule has 1 amide bonds. The van der Waals surface area contributed by atoms with Crippen LogP contribution in [0.5, 0.6) is 0 Å². The van der Waals surface area contributed by atoms with Crippen LogP contribution >= 0.6 is 0 Å². The second kappa shape index (κ2) is 4.09. The van der Waals surface area contributed by atoms with E-state index in [1.807, 2.05) is 0 Å². The standard InChI is InChI=1S/C9H18N2O3S/c1-9(2,7-10)8(12)11-3-5-15(13,14)6-4-11/h3-7,10H2,1-2H3. The van der Waals surface area contributed by atoms with Gasteiger partial charge >= 0.3 is 0 Å². The quantitative estimate of drug-likeness (QED) is 0.680. The lowest BCUT2D eigenvalue weighted by molar-refractivity contribution is -0.139. The van der Waals surface area contributed by atoms with Gasteiger partial charge < -0.3 is 10.6 Å². The van der Waals surface area contributed by atoms with Crippen molar-refractivity contribution in [1.82, 2.24) is 4.90 Å². The fourth-order valence-corrected chi connectivity index (χ4v) is 2.63. The van der Waals surface area contributed by atoms with Crippen molar-refractivity contribution in [2.45, 2.75) is 13.8 Å². The zero-order chi connectivity index (χ0) is 11.7. The van der Waals surface area contributed by atoms with Gasteiger partial charge in [-0.3, -0.25) is 4.79 Å². The predicted molar refractivity (Wildman–Crippen MR) is 58.1 cm³/mol. The van der Waals surface area contributed by atoms with Gasteiger partial charge in [0, 0.05) is 19.6 Å². The third-order valence-corrected chi connectivity index (χ3v) is 4.33. The second-order valence-electron chi connectivity index (χ2n) is 4.53. The van der Waals surface area contributed by atoms with Crippen LogP contribution in [-0.4, -0.2) is 50.4 Å². The van der Waals surface area contributed by atoms with Gasteiger partial charge in [0.15, 0.2) is 9.84 Å². The van der Waals surface area contributed by atoms with Crippen molar-refractivity contribution in [3.8, 4) is 0 Å². The number of carbonyl (C=O) groups is 1. The molecule has 1 rings (SSSR count). The highest BCUT2D eigenvalue weighted by Crippen LogP contribution is 2.18. The van der Waals surface area contributed by atoms with Crippen LogP contribution in [0.1, 0.15) is 13.8 Å². The Morgan fingerprint density at radius 1 is 1.33 bits per heavy atom. The lowest BCUT2D eigenvalue weighted by Crippen LogP contribution is -2.50. The molecule has 88 valence electrons. The normalized spacial score (nSPS) is 21.4. The summed E-state index contributed by atoms with van der Waals surface area (Å²) in [7, 11) is -2.93. The summed E-state index contributed by atoms with van der Waals surface area (Å²) in [4.78, 5) is 13.5. The van der Waals surface area contributed by atoms with E-state index in [4.69, 9.17) is 5.73 Å². The van der Waals surface area contributed by atoms with Crippen molar-refractivity contribution in [3.05, 3.63) is 0 Å². The molecule has 0 aromatic rings. The van der Waals surface area contributed by atoms with Crippen molar-refractivity contribution < 1.29 is 13.2 Å². The molecule has 1 aliphatic heterocycles. The van der Waals surface area contributed by atoms with Gasteiger partial charge in [-0.1, -0.05) is 0 Å². The molecule has 0 aliphatic carbocycles. The number of hydrogen-bond donors (Lipinski definition) is 1. The molecule has 0 radical (unpaired) electrons. The Balaban J connectivity index is 2.65. The summed E-state index contributed by atoms with van der Waals surface area (Å²) in [5.74, 6) is 0.0820. The zero-order valence-corrected chi connectivity index (χ0v) is 10.0. The SMILES string of the molecule is CC(C)(CN)C(=O)N1CCS(=O)(=O)CC1. The van der Waals surface area contributed by atoms with Crippen LogP contribution in [0.25, 0.3) is 0 Å². The largest absolute Gasteiger partial charge is 0.340 e. The van der Waals surface area contributed by atoms with Crippen molar-refractivity contribution in [2.24, 2.45) is 11.1 Å². The molecular weight excluding hydrogens is 216 g/mol. The van der Waals surface area contributed by atoms with Crippen molar-refractivity contribution in [2.75, 3.05) is 31.1 Å². The molecule has 2 N–H and O–H groups in total. The Morgan fingerprint density at radius 3 is 2.20 bits per heavy atom. The molecular formula is C9H18N2O3S. The Morgan fingerprint density at radius 2 is 1.80 bits per heavy atom. The van der Waals surface area contributed by atoms with Crippen LogP contribution in [0.2, 0.25) is 0 Å². The fourth-order valence-electron chi connectivity index (χ4n) is 1.43. The first-order valence-corrected chi connectivity index (χ1v) is 6.80. The third-order valence-electron chi connectivity index (χ3n) is 2.72. The number of carbonyl (C=O) groups excluding carboxylic acids is 1. The van der Waals surface area contributed by atoms with E-state index in [0.29, 0.717) is 13.1 Å². The number of hydrogen-bond acceptors (Lipinski definition) is 4. The lowest BCUT2D eigenvalue weighted by atomic mass is 9.92. The Labute approximate surface area is 90.5 Å². The predicted octanol–water partition coefficient (Wildman–Crippen LogP) is -0.772. The van der Waals surface area contributed by atoms with E-state index in [9.17, 15) is 13.2 Å². The molecule has 0 aromatic carbocycles. The summed E-state index contributed by atoms with van der Waals surface area (Å²) in [5.41, 5.74) is 4.91. The second-order valence-corrected chi connectivity index (χ2v) is 6.84. The molecule has 0 bridgehead atoms. The Hall–Kier alpha value is -0.620. The number of nitrogens with two attached hydrogens (primary N) is 1. The smallest absolute Gasteiger partial charge is 0.229 e. The third kappa shape index (κ3) is 2.92. The average Bonchev–Trinajstić information content (AvgIpc) is 2.17. The summed E-state index contributed by atoms with van der Waals surface area (Å²) >= 11 is 0. The van der Waals surface area contributed by atoms with Gasteiger partial charge in [0.05, 0.1) is 16.9 Å². The highest BCUT2D eigenvalue weighted by atomic mass is 32.2. The van der Waals surface area contributed by atoms with E-state index in [0.717, 1.165) is 0 Å². The molecule has 1 aliphatic rings. The van der Waals surface area contributed by atoms with E-state index in [2.05, 4.69) is 0 Å².